The second-order valence-electron chi connectivity index (χ2n) is 12.3. The zero-order valence-corrected chi connectivity index (χ0v) is 25.5. The van der Waals surface area contributed by atoms with E-state index in [9.17, 15) is 19.5 Å². The summed E-state index contributed by atoms with van der Waals surface area (Å²) in [5, 5.41) is 19.2. The van der Waals surface area contributed by atoms with Crippen LogP contribution in [0.1, 0.15) is 80.5 Å². The number of hydrogen-bond acceptors (Lipinski definition) is 5. The molecule has 2 heterocycles. The number of carboxylic acid groups (broad SMARTS) is 1. The van der Waals surface area contributed by atoms with Crippen molar-refractivity contribution in [3.8, 4) is 5.75 Å². The summed E-state index contributed by atoms with van der Waals surface area (Å²) in [5.41, 5.74) is 7.56. The molecule has 0 radical (unpaired) electrons. The predicted octanol–water partition coefficient (Wildman–Crippen LogP) is 6.70. The molecule has 0 spiro atoms. The van der Waals surface area contributed by atoms with Gasteiger partial charge in [0, 0.05) is 18.9 Å². The summed E-state index contributed by atoms with van der Waals surface area (Å²) in [4.78, 5) is 39.3. The fourth-order valence-corrected chi connectivity index (χ4v) is 7.33. The monoisotopic (exact) mass is 585 g/mol. The molecule has 2 N–H and O–H groups in total. The van der Waals surface area contributed by atoms with Crippen LogP contribution in [0, 0.1) is 31.6 Å². The van der Waals surface area contributed by atoms with Crippen molar-refractivity contribution < 1.29 is 29.3 Å². The fourth-order valence-electron chi connectivity index (χ4n) is 7.33. The van der Waals surface area contributed by atoms with Gasteiger partial charge in [-0.3, -0.25) is 19.3 Å². The van der Waals surface area contributed by atoms with Gasteiger partial charge in [-0.05, 0) is 97.9 Å². The minimum Gasteiger partial charge on any atom is -0.507 e. The molecule has 2 aromatic rings. The molecule has 3 aliphatic rings. The molecule has 2 fully saturated rings. The third-order valence-corrected chi connectivity index (χ3v) is 9.47. The summed E-state index contributed by atoms with van der Waals surface area (Å²) in [5.74, 6) is -1.41. The van der Waals surface area contributed by atoms with Crippen molar-refractivity contribution in [2.24, 2.45) is 17.8 Å². The highest BCUT2D eigenvalue weighted by molar-refractivity contribution is 6.06. The number of aryl methyl sites for hydroxylation is 2. The van der Waals surface area contributed by atoms with E-state index in [1.165, 1.54) is 21.6 Å². The lowest BCUT2D eigenvalue weighted by atomic mass is 9.69. The Morgan fingerprint density at radius 3 is 2.40 bits per heavy atom. The molecule has 0 bridgehead atoms. The van der Waals surface area contributed by atoms with E-state index in [2.05, 4.69) is 25.1 Å². The normalized spacial score (nSPS) is 23.6. The van der Waals surface area contributed by atoms with E-state index in [-0.39, 0.29) is 42.1 Å². The van der Waals surface area contributed by atoms with Crippen molar-refractivity contribution in [2.75, 3.05) is 13.2 Å². The van der Waals surface area contributed by atoms with E-state index in [0.717, 1.165) is 41.5 Å². The predicted molar refractivity (Wildman–Crippen MR) is 166 cm³/mol. The maximum Gasteiger partial charge on any atom is 0.303 e. The number of carbonyl (C=O) groups is 3. The SMILES string of the molecule is CCC1=C2[C@@H](CC/C(=C/c3cc(C)c(O)c(C)c3)c3ccccc3)OC[C@@H]2[C@@H]2C(=O)N(CCCCCC(=O)O)C(=O)[C@@H]2C1. The summed E-state index contributed by atoms with van der Waals surface area (Å²) < 4.78 is 6.43. The minimum absolute atomic E-state index is 0.0706. The first kappa shape index (κ1) is 30.7. The second-order valence-corrected chi connectivity index (χ2v) is 12.3. The summed E-state index contributed by atoms with van der Waals surface area (Å²) in [6, 6.07) is 14.3. The molecular formula is C36H43NO6. The Kier molecular flexibility index (Phi) is 9.50. The van der Waals surface area contributed by atoms with Gasteiger partial charge in [-0.2, -0.15) is 0 Å². The number of benzene rings is 2. The number of aromatic hydroxyl groups is 1. The van der Waals surface area contributed by atoms with E-state index in [1.54, 1.807) is 0 Å². The molecule has 2 aliphatic heterocycles. The Balaban J connectivity index is 1.33. The molecule has 1 aliphatic carbocycles. The first-order valence-corrected chi connectivity index (χ1v) is 15.7. The quantitative estimate of drug-likeness (QED) is 0.124. The number of phenols is 1. The Labute approximate surface area is 254 Å². The van der Waals surface area contributed by atoms with Crippen molar-refractivity contribution in [2.45, 2.75) is 78.2 Å². The number of hydrogen-bond donors (Lipinski definition) is 2. The molecule has 2 amide bonds. The fraction of sp³-hybridized carbons (Fsp3) is 0.472. The van der Waals surface area contributed by atoms with Crippen molar-refractivity contribution >= 4 is 29.4 Å². The summed E-state index contributed by atoms with van der Waals surface area (Å²) in [6.45, 7) is 6.77. The molecule has 0 saturated carbocycles. The van der Waals surface area contributed by atoms with Crippen LogP contribution in [0.25, 0.3) is 11.6 Å². The molecule has 2 aromatic carbocycles. The number of ether oxygens (including phenoxy) is 1. The number of likely N-dealkylation sites (tertiary alicyclic amines) is 1. The van der Waals surface area contributed by atoms with Gasteiger partial charge in [0.15, 0.2) is 0 Å². The number of carbonyl (C=O) groups excluding carboxylic acids is 2. The van der Waals surface area contributed by atoms with Gasteiger partial charge in [-0.15, -0.1) is 0 Å². The molecule has 5 rings (SSSR count). The van der Waals surface area contributed by atoms with Crippen molar-refractivity contribution in [3.63, 3.8) is 0 Å². The van der Waals surface area contributed by atoms with E-state index in [1.807, 2.05) is 44.2 Å². The molecule has 0 unspecified atom stereocenters. The highest BCUT2D eigenvalue weighted by Gasteiger charge is 2.56. The first-order valence-electron chi connectivity index (χ1n) is 15.7. The van der Waals surface area contributed by atoms with Crippen LogP contribution in [0.3, 0.4) is 0 Å². The topological polar surface area (TPSA) is 104 Å². The third kappa shape index (κ3) is 6.47. The van der Waals surface area contributed by atoms with Crippen LogP contribution in [0.15, 0.2) is 53.6 Å². The maximum absolute atomic E-state index is 13.6. The second kappa shape index (κ2) is 13.3. The highest BCUT2D eigenvalue weighted by Crippen LogP contribution is 2.50. The molecule has 43 heavy (non-hydrogen) atoms. The number of imide groups is 1. The Morgan fingerprint density at radius 1 is 1.00 bits per heavy atom. The van der Waals surface area contributed by atoms with E-state index >= 15 is 0 Å². The van der Waals surface area contributed by atoms with Crippen LogP contribution in [0.4, 0.5) is 0 Å². The number of carboxylic acids is 1. The van der Waals surface area contributed by atoms with E-state index in [0.29, 0.717) is 44.6 Å². The van der Waals surface area contributed by atoms with E-state index < -0.39 is 5.97 Å². The van der Waals surface area contributed by atoms with Crippen LogP contribution >= 0.6 is 0 Å². The van der Waals surface area contributed by atoms with Crippen molar-refractivity contribution in [3.05, 3.63) is 75.9 Å². The lowest BCUT2D eigenvalue weighted by Crippen LogP contribution is -2.34. The van der Waals surface area contributed by atoms with Gasteiger partial charge in [-0.25, -0.2) is 0 Å². The van der Waals surface area contributed by atoms with Crippen LogP contribution in [0.2, 0.25) is 0 Å². The number of aliphatic carboxylic acids is 1. The molecular weight excluding hydrogens is 542 g/mol. The van der Waals surface area contributed by atoms with Gasteiger partial charge >= 0.3 is 5.97 Å². The number of rotatable bonds is 12. The zero-order chi connectivity index (χ0) is 30.7. The van der Waals surface area contributed by atoms with Crippen LogP contribution < -0.4 is 0 Å². The largest absolute Gasteiger partial charge is 0.507 e. The maximum atomic E-state index is 13.6. The summed E-state index contributed by atoms with van der Waals surface area (Å²) in [6.07, 6.45) is 7.07. The number of amides is 2. The van der Waals surface area contributed by atoms with Crippen molar-refractivity contribution in [1.82, 2.24) is 4.90 Å². The number of unbranched alkanes of at least 4 members (excludes halogenated alkanes) is 2. The molecule has 0 aromatic heterocycles. The van der Waals surface area contributed by atoms with Gasteiger partial charge < -0.3 is 14.9 Å². The zero-order valence-electron chi connectivity index (χ0n) is 25.5. The average Bonchev–Trinajstić information content (AvgIpc) is 3.52. The lowest BCUT2D eigenvalue weighted by molar-refractivity contribution is -0.141. The average molecular weight is 586 g/mol. The van der Waals surface area contributed by atoms with Crippen LogP contribution in [-0.2, 0) is 19.1 Å². The van der Waals surface area contributed by atoms with E-state index in [4.69, 9.17) is 9.84 Å². The molecule has 2 saturated heterocycles. The number of allylic oxidation sites excluding steroid dienone is 2. The Bertz CT molecular complexity index is 1420. The van der Waals surface area contributed by atoms with Crippen LogP contribution in [0.5, 0.6) is 5.75 Å². The minimum atomic E-state index is -0.822. The number of fused-ring (bicyclic) bond motifs is 3. The Hall–Kier alpha value is -3.71. The lowest BCUT2D eigenvalue weighted by Gasteiger charge is -2.31. The van der Waals surface area contributed by atoms with Gasteiger partial charge in [0.1, 0.15) is 5.75 Å². The molecule has 7 nitrogen and oxygen atoms in total. The standard InChI is InChI=1S/C36H43NO6/c1-4-25-20-28-33(36(42)37(35(28)41)16-10-6-9-13-31(38)39)29-21-43-30(32(25)29)15-14-27(26-11-7-5-8-12-26)19-24-17-22(2)34(40)23(3)18-24/h5,7-8,11-12,17-19,28-30,33,40H,4,6,9-10,13-16,20-21H2,1-3H3,(H,38,39)/b27-19-/t28-,29+,30-,33-/m1/s1. The van der Waals surface area contributed by atoms with Gasteiger partial charge in [0.25, 0.3) is 0 Å². The summed E-state index contributed by atoms with van der Waals surface area (Å²) >= 11 is 0. The third-order valence-electron chi connectivity index (χ3n) is 9.47. The molecule has 228 valence electrons. The van der Waals surface area contributed by atoms with Gasteiger partial charge in [0.05, 0.1) is 24.5 Å². The van der Waals surface area contributed by atoms with Gasteiger partial charge in [0.2, 0.25) is 11.8 Å². The smallest absolute Gasteiger partial charge is 0.303 e. The summed E-state index contributed by atoms with van der Waals surface area (Å²) in [7, 11) is 0. The highest BCUT2D eigenvalue weighted by atomic mass is 16.5. The van der Waals surface area contributed by atoms with Crippen molar-refractivity contribution in [1.29, 1.82) is 0 Å². The van der Waals surface area contributed by atoms with Crippen LogP contribution in [-0.4, -0.2) is 52.2 Å². The molecule has 4 atom stereocenters. The first-order chi connectivity index (χ1) is 20.7. The number of phenolic OH excluding ortho intramolecular Hbond substituents is 1. The number of nitrogens with zero attached hydrogens (tertiary/aromatic N) is 1. The molecule has 7 heteroatoms. The van der Waals surface area contributed by atoms with Gasteiger partial charge in [-0.1, -0.05) is 55.3 Å². The Morgan fingerprint density at radius 2 is 1.72 bits per heavy atom.